The molecule has 0 saturated heterocycles. The maximum absolute atomic E-state index is 11.4. The van der Waals surface area contributed by atoms with Gasteiger partial charge < -0.3 is 16.2 Å². The fourth-order valence-electron chi connectivity index (χ4n) is 0.968. The second kappa shape index (κ2) is 5.43. The quantitative estimate of drug-likeness (QED) is 0.713. The van der Waals surface area contributed by atoms with Gasteiger partial charge in [0, 0.05) is 6.20 Å². The molecule has 1 rings (SSSR count). The predicted molar refractivity (Wildman–Crippen MR) is 58.1 cm³/mol. The Balaban J connectivity index is 2.64. The predicted octanol–water partition coefficient (Wildman–Crippen LogP) is 0.476. The van der Waals surface area contributed by atoms with Crippen molar-refractivity contribution >= 4 is 29.3 Å². The van der Waals surface area contributed by atoms with Crippen LogP contribution in [0.3, 0.4) is 0 Å². The molecule has 0 saturated carbocycles. The van der Waals surface area contributed by atoms with Crippen molar-refractivity contribution in [3.8, 4) is 0 Å². The van der Waals surface area contributed by atoms with Crippen LogP contribution < -0.4 is 11.1 Å². The first kappa shape index (κ1) is 12.4. The van der Waals surface area contributed by atoms with Crippen molar-refractivity contribution < 1.29 is 14.7 Å². The average Bonchev–Trinajstić information content (AvgIpc) is 2.20. The standard InChI is InChI=1S/C9H10ClN3O3/c10-5-2-1-3-12-8(5)13-9(16)6(11)4-7(14)15/h1-3,6H,4,11H2,(H,14,15)(H,12,13,16). The molecule has 4 N–H and O–H groups in total. The summed E-state index contributed by atoms with van der Waals surface area (Å²) in [7, 11) is 0. The molecule has 1 aromatic heterocycles. The fraction of sp³-hybridized carbons (Fsp3) is 0.222. The number of hydrogen-bond acceptors (Lipinski definition) is 4. The van der Waals surface area contributed by atoms with Gasteiger partial charge in [-0.15, -0.1) is 0 Å². The highest BCUT2D eigenvalue weighted by atomic mass is 35.5. The lowest BCUT2D eigenvalue weighted by Gasteiger charge is -2.10. The minimum absolute atomic E-state index is 0.162. The van der Waals surface area contributed by atoms with Crippen LogP contribution in [-0.4, -0.2) is 28.0 Å². The van der Waals surface area contributed by atoms with E-state index in [1.807, 2.05) is 0 Å². The topological polar surface area (TPSA) is 105 Å². The van der Waals surface area contributed by atoms with E-state index in [-0.39, 0.29) is 10.8 Å². The van der Waals surface area contributed by atoms with Gasteiger partial charge in [0.25, 0.3) is 0 Å². The van der Waals surface area contributed by atoms with Gasteiger partial charge >= 0.3 is 5.97 Å². The molecule has 0 aliphatic heterocycles. The van der Waals surface area contributed by atoms with Gasteiger partial charge in [0.1, 0.15) is 0 Å². The number of anilines is 1. The Morgan fingerprint density at radius 3 is 2.88 bits per heavy atom. The second-order valence-corrected chi connectivity index (χ2v) is 3.43. The van der Waals surface area contributed by atoms with Crippen LogP contribution in [0.25, 0.3) is 0 Å². The molecule has 6 nitrogen and oxygen atoms in total. The number of hydrogen-bond donors (Lipinski definition) is 3. The molecule has 0 radical (unpaired) electrons. The van der Waals surface area contributed by atoms with Crippen molar-refractivity contribution in [2.75, 3.05) is 5.32 Å². The van der Waals surface area contributed by atoms with E-state index in [9.17, 15) is 9.59 Å². The minimum atomic E-state index is -1.14. The molecule has 86 valence electrons. The van der Waals surface area contributed by atoms with Crippen LogP contribution in [0.5, 0.6) is 0 Å². The van der Waals surface area contributed by atoms with E-state index in [1.165, 1.54) is 6.20 Å². The van der Waals surface area contributed by atoms with E-state index >= 15 is 0 Å². The first-order valence-electron chi connectivity index (χ1n) is 4.39. The molecule has 1 aromatic rings. The summed E-state index contributed by atoms with van der Waals surface area (Å²) in [4.78, 5) is 25.5. The molecular weight excluding hydrogens is 234 g/mol. The zero-order valence-electron chi connectivity index (χ0n) is 8.18. The van der Waals surface area contributed by atoms with Gasteiger partial charge in [0.2, 0.25) is 5.91 Å². The van der Waals surface area contributed by atoms with Gasteiger partial charge in [-0.1, -0.05) is 11.6 Å². The third-order valence-electron chi connectivity index (χ3n) is 1.73. The monoisotopic (exact) mass is 243 g/mol. The summed E-state index contributed by atoms with van der Waals surface area (Å²) in [6, 6.07) is 2.03. The number of pyridine rings is 1. The Morgan fingerprint density at radius 1 is 1.62 bits per heavy atom. The maximum atomic E-state index is 11.4. The molecule has 0 bridgehead atoms. The SMILES string of the molecule is NC(CC(=O)O)C(=O)Nc1ncccc1Cl. The number of carbonyl (C=O) groups is 2. The van der Waals surface area contributed by atoms with Crippen molar-refractivity contribution in [2.45, 2.75) is 12.5 Å². The van der Waals surface area contributed by atoms with Crippen LogP contribution in [0.4, 0.5) is 5.82 Å². The molecule has 0 fully saturated rings. The van der Waals surface area contributed by atoms with E-state index in [4.69, 9.17) is 22.4 Å². The van der Waals surface area contributed by atoms with Crippen molar-refractivity contribution in [3.05, 3.63) is 23.4 Å². The fourth-order valence-corrected chi connectivity index (χ4v) is 1.14. The molecule has 0 aliphatic carbocycles. The summed E-state index contributed by atoms with van der Waals surface area (Å²) in [5.41, 5.74) is 5.35. The van der Waals surface area contributed by atoms with Crippen molar-refractivity contribution in [1.29, 1.82) is 0 Å². The number of nitrogens with zero attached hydrogens (tertiary/aromatic N) is 1. The molecule has 1 amide bonds. The van der Waals surface area contributed by atoms with Gasteiger partial charge in [-0.25, -0.2) is 4.98 Å². The van der Waals surface area contributed by atoms with Crippen LogP contribution in [0.15, 0.2) is 18.3 Å². The Labute approximate surface area is 96.4 Å². The smallest absolute Gasteiger partial charge is 0.305 e. The van der Waals surface area contributed by atoms with E-state index < -0.39 is 24.3 Å². The van der Waals surface area contributed by atoms with Crippen LogP contribution in [0.2, 0.25) is 5.02 Å². The number of carbonyl (C=O) groups excluding carboxylic acids is 1. The molecule has 1 unspecified atom stereocenters. The third kappa shape index (κ3) is 3.48. The van der Waals surface area contributed by atoms with E-state index in [1.54, 1.807) is 12.1 Å². The summed E-state index contributed by atoms with van der Waals surface area (Å²) in [6.45, 7) is 0. The Kier molecular flexibility index (Phi) is 4.21. The van der Waals surface area contributed by atoms with Crippen LogP contribution in [-0.2, 0) is 9.59 Å². The lowest BCUT2D eigenvalue weighted by atomic mass is 10.2. The van der Waals surface area contributed by atoms with Crippen molar-refractivity contribution in [1.82, 2.24) is 4.98 Å². The molecular formula is C9H10ClN3O3. The number of aromatic nitrogens is 1. The zero-order chi connectivity index (χ0) is 12.1. The first-order chi connectivity index (χ1) is 7.50. The third-order valence-corrected chi connectivity index (χ3v) is 2.04. The summed E-state index contributed by atoms with van der Waals surface area (Å²) in [5.74, 6) is -1.62. The van der Waals surface area contributed by atoms with Crippen molar-refractivity contribution in [2.24, 2.45) is 5.73 Å². The largest absolute Gasteiger partial charge is 0.481 e. The van der Waals surface area contributed by atoms with Gasteiger partial charge in [-0.3, -0.25) is 9.59 Å². The highest BCUT2D eigenvalue weighted by Crippen LogP contribution is 2.17. The van der Waals surface area contributed by atoms with Crippen LogP contribution in [0, 0.1) is 0 Å². The van der Waals surface area contributed by atoms with Gasteiger partial charge in [-0.05, 0) is 12.1 Å². The molecule has 0 aromatic carbocycles. The summed E-state index contributed by atoms with van der Waals surface area (Å²) < 4.78 is 0. The summed E-state index contributed by atoms with van der Waals surface area (Å²) >= 11 is 5.74. The number of nitrogens with one attached hydrogen (secondary N) is 1. The normalized spacial score (nSPS) is 11.9. The van der Waals surface area contributed by atoms with Gasteiger partial charge in [0.15, 0.2) is 5.82 Å². The highest BCUT2D eigenvalue weighted by molar-refractivity contribution is 6.33. The summed E-state index contributed by atoms with van der Waals surface area (Å²) in [5, 5.41) is 11.1. The molecule has 0 spiro atoms. The molecule has 7 heteroatoms. The number of nitrogens with two attached hydrogens (primary N) is 1. The van der Waals surface area contributed by atoms with E-state index in [0.717, 1.165) is 0 Å². The number of rotatable bonds is 4. The molecule has 0 aliphatic rings. The first-order valence-corrected chi connectivity index (χ1v) is 4.77. The van der Waals surface area contributed by atoms with E-state index in [2.05, 4.69) is 10.3 Å². The number of carboxylic acids is 1. The van der Waals surface area contributed by atoms with Gasteiger partial charge in [-0.2, -0.15) is 0 Å². The van der Waals surface area contributed by atoms with Crippen LogP contribution >= 0.6 is 11.6 Å². The highest BCUT2D eigenvalue weighted by Gasteiger charge is 2.18. The van der Waals surface area contributed by atoms with E-state index in [0.29, 0.717) is 0 Å². The molecule has 1 heterocycles. The zero-order valence-corrected chi connectivity index (χ0v) is 8.94. The lowest BCUT2D eigenvalue weighted by molar-refractivity contribution is -0.138. The second-order valence-electron chi connectivity index (χ2n) is 3.03. The lowest BCUT2D eigenvalue weighted by Crippen LogP contribution is -2.37. The van der Waals surface area contributed by atoms with Crippen LogP contribution in [0.1, 0.15) is 6.42 Å². The Bertz CT molecular complexity index is 411. The number of carboxylic acid groups (broad SMARTS) is 1. The number of aliphatic carboxylic acids is 1. The number of halogens is 1. The Hall–Kier alpha value is -1.66. The maximum Gasteiger partial charge on any atom is 0.305 e. The minimum Gasteiger partial charge on any atom is -0.481 e. The molecule has 1 atom stereocenters. The Morgan fingerprint density at radius 2 is 2.31 bits per heavy atom. The summed E-state index contributed by atoms with van der Waals surface area (Å²) in [6.07, 6.45) is 1.00. The van der Waals surface area contributed by atoms with Gasteiger partial charge in [0.05, 0.1) is 17.5 Å². The molecule has 16 heavy (non-hydrogen) atoms. The van der Waals surface area contributed by atoms with Crippen molar-refractivity contribution in [3.63, 3.8) is 0 Å². The average molecular weight is 244 g/mol. The number of amides is 1.